The van der Waals surface area contributed by atoms with Crippen LogP contribution >= 0.6 is 0 Å². The van der Waals surface area contributed by atoms with Crippen LogP contribution in [0.4, 0.5) is 15.8 Å². The van der Waals surface area contributed by atoms with E-state index in [-0.39, 0.29) is 29.3 Å². The zero-order chi connectivity index (χ0) is 22.1. The molecule has 2 heterocycles. The molecule has 1 N–H and O–H groups in total. The maximum atomic E-state index is 14.8. The molecule has 1 atom stereocenters. The molecule has 2 aromatic rings. The van der Waals surface area contributed by atoms with Crippen LogP contribution < -0.4 is 9.80 Å². The van der Waals surface area contributed by atoms with Crippen molar-refractivity contribution in [2.75, 3.05) is 22.9 Å². The lowest BCUT2D eigenvalue weighted by Gasteiger charge is -2.28. The van der Waals surface area contributed by atoms with Gasteiger partial charge in [0.2, 0.25) is 0 Å². The fraction of sp³-hybridized carbons (Fsp3) is 0.360. The topological polar surface area (TPSA) is 60.9 Å². The molecule has 162 valence electrons. The predicted molar refractivity (Wildman–Crippen MR) is 119 cm³/mol. The van der Waals surface area contributed by atoms with E-state index < -0.39 is 23.5 Å². The number of halogens is 1. The Balaban J connectivity index is 1.76. The third-order valence-electron chi connectivity index (χ3n) is 5.90. The monoisotopic (exact) mass is 422 g/mol. The number of nitrogens with zero attached hydrogens (tertiary/aromatic N) is 2. The number of anilines is 2. The minimum Gasteiger partial charge on any atom is -0.503 e. The van der Waals surface area contributed by atoms with Gasteiger partial charge >= 0.3 is 0 Å². The standard InChI is InChI=1S/C25H27FN2O3/c1-16(2)15-21(29)22-23(19-7-3-4-8-20(19)26)28(25(31)24(22)30)18-11-9-17(10-12-18)27-13-5-6-14-27/h3-4,7-12,16,23,30H,5-6,13-15H2,1-2H3. The summed E-state index contributed by atoms with van der Waals surface area (Å²) in [6.45, 7) is 5.77. The molecule has 0 saturated carbocycles. The minimum absolute atomic E-state index is 0.0348. The van der Waals surface area contributed by atoms with Crippen molar-refractivity contribution >= 4 is 23.1 Å². The number of carbonyl (C=O) groups is 2. The van der Waals surface area contributed by atoms with Gasteiger partial charge in [-0.3, -0.25) is 14.5 Å². The van der Waals surface area contributed by atoms with E-state index in [9.17, 15) is 19.1 Å². The van der Waals surface area contributed by atoms with Gasteiger partial charge in [0.15, 0.2) is 11.5 Å². The molecule has 6 heteroatoms. The first-order valence-corrected chi connectivity index (χ1v) is 10.8. The number of hydrogen-bond acceptors (Lipinski definition) is 4. The number of aliphatic hydroxyl groups excluding tert-OH is 1. The molecule has 1 unspecified atom stereocenters. The first-order chi connectivity index (χ1) is 14.9. The highest BCUT2D eigenvalue weighted by atomic mass is 19.1. The summed E-state index contributed by atoms with van der Waals surface area (Å²) in [5, 5.41) is 10.7. The van der Waals surface area contributed by atoms with Crippen LogP contribution in [-0.2, 0) is 9.59 Å². The minimum atomic E-state index is -1.00. The molecule has 1 amide bonds. The van der Waals surface area contributed by atoms with Crippen LogP contribution in [0.3, 0.4) is 0 Å². The van der Waals surface area contributed by atoms with Crippen LogP contribution in [0, 0.1) is 11.7 Å². The summed E-state index contributed by atoms with van der Waals surface area (Å²) in [7, 11) is 0. The van der Waals surface area contributed by atoms with E-state index in [2.05, 4.69) is 4.90 Å². The summed E-state index contributed by atoms with van der Waals surface area (Å²) in [6, 6.07) is 12.5. The molecule has 2 aromatic carbocycles. The molecule has 0 aromatic heterocycles. The molecule has 0 spiro atoms. The Morgan fingerprint density at radius 2 is 1.68 bits per heavy atom. The van der Waals surface area contributed by atoms with Crippen LogP contribution in [0.2, 0.25) is 0 Å². The van der Waals surface area contributed by atoms with Crippen LogP contribution in [-0.4, -0.2) is 29.9 Å². The lowest BCUT2D eigenvalue weighted by atomic mass is 9.91. The lowest BCUT2D eigenvalue weighted by molar-refractivity contribution is -0.118. The van der Waals surface area contributed by atoms with Gasteiger partial charge in [-0.15, -0.1) is 0 Å². The van der Waals surface area contributed by atoms with Crippen molar-refractivity contribution in [1.82, 2.24) is 0 Å². The van der Waals surface area contributed by atoms with Gasteiger partial charge in [0.05, 0.1) is 11.6 Å². The molecule has 2 aliphatic rings. The predicted octanol–water partition coefficient (Wildman–Crippen LogP) is 4.94. The second-order valence-corrected chi connectivity index (χ2v) is 8.59. The van der Waals surface area contributed by atoms with E-state index in [1.807, 2.05) is 26.0 Å². The number of Topliss-reactive ketones (excluding diaryl/α,β-unsaturated/α-hetero) is 1. The summed E-state index contributed by atoms with van der Waals surface area (Å²) < 4.78 is 14.8. The fourth-order valence-electron chi connectivity index (χ4n) is 4.43. The number of benzene rings is 2. The second kappa shape index (κ2) is 8.53. The Bertz CT molecular complexity index is 1020. The number of amides is 1. The second-order valence-electron chi connectivity index (χ2n) is 8.59. The molecular weight excluding hydrogens is 395 g/mol. The number of carbonyl (C=O) groups excluding carboxylic acids is 2. The largest absolute Gasteiger partial charge is 0.503 e. The summed E-state index contributed by atoms with van der Waals surface area (Å²) in [5.74, 6) is -2.11. The molecule has 1 fully saturated rings. The molecule has 0 aliphatic carbocycles. The van der Waals surface area contributed by atoms with Crippen LogP contribution in [0.15, 0.2) is 59.9 Å². The van der Waals surface area contributed by atoms with E-state index >= 15 is 0 Å². The first kappa shape index (κ1) is 21.1. The summed E-state index contributed by atoms with van der Waals surface area (Å²) in [5.41, 5.74) is 1.73. The normalized spacial score (nSPS) is 19.1. The highest BCUT2D eigenvalue weighted by Gasteiger charge is 2.45. The van der Waals surface area contributed by atoms with Crippen molar-refractivity contribution in [3.05, 3.63) is 71.2 Å². The van der Waals surface area contributed by atoms with Gasteiger partial charge in [0, 0.05) is 36.4 Å². The number of ketones is 1. The third kappa shape index (κ3) is 3.94. The SMILES string of the molecule is CC(C)CC(=O)C1=C(O)C(=O)N(c2ccc(N3CCCC3)cc2)C1c1ccccc1F. The zero-order valence-electron chi connectivity index (χ0n) is 17.8. The smallest absolute Gasteiger partial charge is 0.294 e. The van der Waals surface area contributed by atoms with Gasteiger partial charge in [-0.25, -0.2) is 4.39 Å². The van der Waals surface area contributed by atoms with Crippen molar-refractivity contribution in [3.63, 3.8) is 0 Å². The molecule has 5 nitrogen and oxygen atoms in total. The van der Waals surface area contributed by atoms with Crippen molar-refractivity contribution in [2.45, 2.75) is 39.2 Å². The Hall–Kier alpha value is -3.15. The Morgan fingerprint density at radius 3 is 2.29 bits per heavy atom. The number of aliphatic hydroxyl groups is 1. The van der Waals surface area contributed by atoms with E-state index in [0.717, 1.165) is 31.6 Å². The van der Waals surface area contributed by atoms with Gasteiger partial charge < -0.3 is 10.0 Å². The molecule has 0 bridgehead atoms. The third-order valence-corrected chi connectivity index (χ3v) is 5.90. The van der Waals surface area contributed by atoms with Gasteiger partial charge in [0.1, 0.15) is 5.82 Å². The average molecular weight is 423 g/mol. The molecule has 2 aliphatic heterocycles. The summed E-state index contributed by atoms with van der Waals surface area (Å²) >= 11 is 0. The number of rotatable bonds is 6. The maximum Gasteiger partial charge on any atom is 0.294 e. The van der Waals surface area contributed by atoms with Gasteiger partial charge in [0.25, 0.3) is 5.91 Å². The fourth-order valence-corrected chi connectivity index (χ4v) is 4.43. The highest BCUT2D eigenvalue weighted by molar-refractivity contribution is 6.16. The molecule has 31 heavy (non-hydrogen) atoms. The maximum absolute atomic E-state index is 14.8. The Morgan fingerprint density at radius 1 is 1.06 bits per heavy atom. The van der Waals surface area contributed by atoms with E-state index in [1.54, 1.807) is 30.3 Å². The summed E-state index contributed by atoms with van der Waals surface area (Å²) in [4.78, 5) is 29.7. The van der Waals surface area contributed by atoms with Gasteiger partial charge in [-0.1, -0.05) is 32.0 Å². The average Bonchev–Trinajstić information content (AvgIpc) is 3.36. The van der Waals surface area contributed by atoms with E-state index in [4.69, 9.17) is 0 Å². The molecule has 1 saturated heterocycles. The van der Waals surface area contributed by atoms with E-state index in [0.29, 0.717) is 5.69 Å². The molecular formula is C25H27FN2O3. The Kier molecular flexibility index (Phi) is 5.81. The van der Waals surface area contributed by atoms with Crippen LogP contribution in [0.25, 0.3) is 0 Å². The van der Waals surface area contributed by atoms with Crippen LogP contribution in [0.5, 0.6) is 0 Å². The lowest BCUT2D eigenvalue weighted by Crippen LogP contribution is -2.31. The number of hydrogen-bond donors (Lipinski definition) is 1. The van der Waals surface area contributed by atoms with Crippen LogP contribution in [0.1, 0.15) is 44.7 Å². The first-order valence-electron chi connectivity index (χ1n) is 10.8. The van der Waals surface area contributed by atoms with Crippen molar-refractivity contribution in [3.8, 4) is 0 Å². The van der Waals surface area contributed by atoms with E-state index in [1.165, 1.54) is 11.0 Å². The van der Waals surface area contributed by atoms with Gasteiger partial charge in [-0.2, -0.15) is 0 Å². The van der Waals surface area contributed by atoms with Crippen molar-refractivity contribution < 1.29 is 19.1 Å². The van der Waals surface area contributed by atoms with Crippen molar-refractivity contribution in [1.29, 1.82) is 0 Å². The highest BCUT2D eigenvalue weighted by Crippen LogP contribution is 2.42. The summed E-state index contributed by atoms with van der Waals surface area (Å²) in [6.07, 6.45) is 2.47. The van der Waals surface area contributed by atoms with Crippen molar-refractivity contribution in [2.24, 2.45) is 5.92 Å². The zero-order valence-corrected chi connectivity index (χ0v) is 17.8. The molecule has 4 rings (SSSR count). The quantitative estimate of drug-likeness (QED) is 0.716. The Labute approximate surface area is 181 Å². The van der Waals surface area contributed by atoms with Gasteiger partial charge in [-0.05, 0) is 49.1 Å². The molecule has 0 radical (unpaired) electrons.